The largest absolute Gasteiger partial charge is 0.399 e. The molecule has 0 aliphatic rings. The van der Waals surface area contributed by atoms with Crippen LogP contribution in [0.5, 0.6) is 0 Å². The molecule has 0 fully saturated rings. The molecule has 0 heterocycles. The van der Waals surface area contributed by atoms with Crippen LogP contribution in [0.4, 0.5) is 5.69 Å². The molecule has 1 rings (SSSR count). The van der Waals surface area contributed by atoms with Crippen LogP contribution in [-0.4, -0.2) is 14.5 Å². The molecule has 1 aromatic rings. The third kappa shape index (κ3) is 4.36. The van der Waals surface area contributed by atoms with E-state index in [4.69, 9.17) is 5.73 Å². The van der Waals surface area contributed by atoms with E-state index >= 15 is 0 Å². The SMILES string of the molecule is CCCCC(C)NS(=O)(=O)c1cccc(N)c1. The molecule has 0 aromatic heterocycles. The number of nitrogens with one attached hydrogen (secondary N) is 1. The third-order valence-corrected chi connectivity index (χ3v) is 4.10. The topological polar surface area (TPSA) is 72.2 Å². The molecule has 5 heteroatoms. The summed E-state index contributed by atoms with van der Waals surface area (Å²) in [5, 5.41) is 0. The number of anilines is 1. The Kier molecular flexibility index (Phi) is 4.96. The summed E-state index contributed by atoms with van der Waals surface area (Å²) in [6.45, 7) is 3.96. The summed E-state index contributed by atoms with van der Waals surface area (Å²) in [7, 11) is -3.44. The summed E-state index contributed by atoms with van der Waals surface area (Å²) in [6, 6.07) is 6.27. The first-order valence-electron chi connectivity index (χ1n) is 5.83. The van der Waals surface area contributed by atoms with Crippen molar-refractivity contribution in [3.8, 4) is 0 Å². The molecule has 96 valence electrons. The number of nitrogen functional groups attached to an aromatic ring is 1. The fourth-order valence-electron chi connectivity index (χ4n) is 1.58. The van der Waals surface area contributed by atoms with E-state index in [2.05, 4.69) is 11.6 Å². The highest BCUT2D eigenvalue weighted by molar-refractivity contribution is 7.89. The Hall–Kier alpha value is -1.07. The Morgan fingerprint density at radius 3 is 2.71 bits per heavy atom. The number of hydrogen-bond donors (Lipinski definition) is 2. The summed E-state index contributed by atoms with van der Waals surface area (Å²) in [5.41, 5.74) is 6.03. The van der Waals surface area contributed by atoms with E-state index in [1.54, 1.807) is 18.2 Å². The highest BCUT2D eigenvalue weighted by Crippen LogP contribution is 2.13. The van der Waals surface area contributed by atoms with E-state index in [9.17, 15) is 8.42 Å². The van der Waals surface area contributed by atoms with Crippen LogP contribution in [-0.2, 0) is 10.0 Å². The van der Waals surface area contributed by atoms with Gasteiger partial charge in [-0.1, -0.05) is 25.8 Å². The zero-order valence-electron chi connectivity index (χ0n) is 10.3. The van der Waals surface area contributed by atoms with Crippen molar-refractivity contribution < 1.29 is 8.42 Å². The number of rotatable bonds is 6. The predicted molar refractivity (Wildman–Crippen MR) is 70.2 cm³/mol. The number of nitrogens with two attached hydrogens (primary N) is 1. The maximum Gasteiger partial charge on any atom is 0.240 e. The van der Waals surface area contributed by atoms with E-state index < -0.39 is 10.0 Å². The smallest absolute Gasteiger partial charge is 0.240 e. The minimum absolute atomic E-state index is 0.0543. The van der Waals surface area contributed by atoms with Crippen molar-refractivity contribution in [2.24, 2.45) is 0 Å². The Balaban J connectivity index is 2.75. The minimum atomic E-state index is -3.44. The molecule has 0 saturated carbocycles. The summed E-state index contributed by atoms with van der Waals surface area (Å²) in [6.07, 6.45) is 2.92. The van der Waals surface area contributed by atoms with Gasteiger partial charge < -0.3 is 5.73 Å². The first-order chi connectivity index (χ1) is 7.95. The van der Waals surface area contributed by atoms with Gasteiger partial charge in [0, 0.05) is 11.7 Å². The molecule has 3 N–H and O–H groups in total. The van der Waals surface area contributed by atoms with Crippen LogP contribution in [0.2, 0.25) is 0 Å². The molecule has 0 amide bonds. The minimum Gasteiger partial charge on any atom is -0.399 e. The van der Waals surface area contributed by atoms with E-state index in [1.807, 2.05) is 6.92 Å². The third-order valence-electron chi connectivity index (χ3n) is 2.52. The molecule has 4 nitrogen and oxygen atoms in total. The first kappa shape index (κ1) is 14.0. The van der Waals surface area contributed by atoms with Crippen molar-refractivity contribution >= 4 is 15.7 Å². The molecule has 0 spiro atoms. The van der Waals surface area contributed by atoms with Gasteiger partial charge in [0.1, 0.15) is 0 Å². The second kappa shape index (κ2) is 6.02. The number of benzene rings is 1. The van der Waals surface area contributed by atoms with Crippen LogP contribution in [0, 0.1) is 0 Å². The van der Waals surface area contributed by atoms with Crippen LogP contribution in [0.3, 0.4) is 0 Å². The standard InChI is InChI=1S/C12H20N2O2S/c1-3-4-6-10(2)14-17(15,16)12-8-5-7-11(13)9-12/h5,7-10,14H,3-4,6,13H2,1-2H3. The molecule has 0 radical (unpaired) electrons. The molecule has 0 aliphatic carbocycles. The molecule has 0 aliphatic heterocycles. The van der Waals surface area contributed by atoms with Gasteiger partial charge in [0.2, 0.25) is 10.0 Å². The zero-order valence-corrected chi connectivity index (χ0v) is 11.1. The van der Waals surface area contributed by atoms with Crippen molar-refractivity contribution in [3.05, 3.63) is 24.3 Å². The number of sulfonamides is 1. The molecule has 1 atom stereocenters. The van der Waals surface area contributed by atoms with Crippen molar-refractivity contribution in [2.45, 2.75) is 44.0 Å². The lowest BCUT2D eigenvalue weighted by Crippen LogP contribution is -2.32. The highest BCUT2D eigenvalue weighted by Gasteiger charge is 2.16. The highest BCUT2D eigenvalue weighted by atomic mass is 32.2. The van der Waals surface area contributed by atoms with Gasteiger partial charge in [-0.25, -0.2) is 13.1 Å². The van der Waals surface area contributed by atoms with Gasteiger partial charge in [-0.2, -0.15) is 0 Å². The fraction of sp³-hybridized carbons (Fsp3) is 0.500. The van der Waals surface area contributed by atoms with Crippen LogP contribution >= 0.6 is 0 Å². The summed E-state index contributed by atoms with van der Waals surface area (Å²) in [4.78, 5) is 0.223. The second-order valence-electron chi connectivity index (χ2n) is 4.24. The van der Waals surface area contributed by atoms with Gasteiger partial charge in [0.15, 0.2) is 0 Å². The van der Waals surface area contributed by atoms with Gasteiger partial charge in [-0.15, -0.1) is 0 Å². The van der Waals surface area contributed by atoms with Crippen LogP contribution < -0.4 is 10.5 Å². The lowest BCUT2D eigenvalue weighted by Gasteiger charge is -2.13. The molecule has 1 aromatic carbocycles. The zero-order chi connectivity index (χ0) is 12.9. The van der Waals surface area contributed by atoms with Gasteiger partial charge >= 0.3 is 0 Å². The molecule has 0 saturated heterocycles. The molecular weight excluding hydrogens is 236 g/mol. The monoisotopic (exact) mass is 256 g/mol. The fourth-order valence-corrected chi connectivity index (χ4v) is 2.92. The second-order valence-corrected chi connectivity index (χ2v) is 5.95. The Morgan fingerprint density at radius 1 is 1.41 bits per heavy atom. The van der Waals surface area contributed by atoms with E-state index in [0.29, 0.717) is 5.69 Å². The molecular formula is C12H20N2O2S. The molecule has 1 unspecified atom stereocenters. The number of hydrogen-bond acceptors (Lipinski definition) is 3. The van der Waals surface area contributed by atoms with E-state index in [-0.39, 0.29) is 10.9 Å². The average molecular weight is 256 g/mol. The van der Waals surface area contributed by atoms with Crippen LogP contribution in [0.25, 0.3) is 0 Å². The summed E-state index contributed by atoms with van der Waals surface area (Å²) >= 11 is 0. The number of unbranched alkanes of at least 4 members (excludes halogenated alkanes) is 1. The average Bonchev–Trinajstić information content (AvgIpc) is 2.26. The Morgan fingerprint density at radius 2 is 2.12 bits per heavy atom. The van der Waals surface area contributed by atoms with Crippen molar-refractivity contribution in [1.82, 2.24) is 4.72 Å². The normalized spacial score (nSPS) is 13.5. The lowest BCUT2D eigenvalue weighted by molar-refractivity contribution is 0.534. The van der Waals surface area contributed by atoms with E-state index in [0.717, 1.165) is 19.3 Å². The van der Waals surface area contributed by atoms with Gasteiger partial charge in [0.25, 0.3) is 0 Å². The van der Waals surface area contributed by atoms with Crippen molar-refractivity contribution in [1.29, 1.82) is 0 Å². The van der Waals surface area contributed by atoms with Gasteiger partial charge in [-0.05, 0) is 31.5 Å². The first-order valence-corrected chi connectivity index (χ1v) is 7.32. The lowest BCUT2D eigenvalue weighted by atomic mass is 10.2. The quantitative estimate of drug-likeness (QED) is 0.766. The molecule has 0 bridgehead atoms. The van der Waals surface area contributed by atoms with Crippen LogP contribution in [0.15, 0.2) is 29.2 Å². The maximum absolute atomic E-state index is 12.0. The summed E-state index contributed by atoms with van der Waals surface area (Å²) < 4.78 is 26.6. The predicted octanol–water partition coefficient (Wildman–Crippen LogP) is 2.13. The Bertz CT molecular complexity index is 457. The maximum atomic E-state index is 12.0. The summed E-state index contributed by atoms with van der Waals surface area (Å²) in [5.74, 6) is 0. The van der Waals surface area contributed by atoms with Crippen LogP contribution in [0.1, 0.15) is 33.1 Å². The van der Waals surface area contributed by atoms with Crippen molar-refractivity contribution in [3.63, 3.8) is 0 Å². The van der Waals surface area contributed by atoms with Gasteiger partial charge in [0.05, 0.1) is 4.90 Å². The van der Waals surface area contributed by atoms with Gasteiger partial charge in [-0.3, -0.25) is 0 Å². The van der Waals surface area contributed by atoms with Crippen molar-refractivity contribution in [2.75, 3.05) is 5.73 Å². The van der Waals surface area contributed by atoms with E-state index in [1.165, 1.54) is 6.07 Å². The molecule has 17 heavy (non-hydrogen) atoms. The Labute approximate surface area is 103 Å².